The number of nitrogens with one attached hydrogen (secondary N) is 1. The van der Waals surface area contributed by atoms with Crippen LogP contribution in [0, 0.1) is 0 Å². The molecule has 0 aliphatic carbocycles. The van der Waals surface area contributed by atoms with E-state index in [1.165, 1.54) is 6.33 Å². The van der Waals surface area contributed by atoms with Gasteiger partial charge in [-0.25, -0.2) is 9.97 Å². The SMILES string of the molecule is O=CN1CCN(C(=O)c2cc(Nc3cc(Cl)cc(Cl)c3)ncn2)CC1. The molecule has 0 bridgehead atoms. The zero-order chi connectivity index (χ0) is 17.8. The first-order valence-electron chi connectivity index (χ1n) is 7.59. The molecule has 3 rings (SSSR count). The Balaban J connectivity index is 1.72. The number of carbonyl (C=O) groups is 2. The Morgan fingerprint density at radius 2 is 1.72 bits per heavy atom. The number of benzene rings is 1. The second kappa shape index (κ2) is 7.67. The van der Waals surface area contributed by atoms with E-state index in [4.69, 9.17) is 23.2 Å². The molecule has 2 aromatic rings. The van der Waals surface area contributed by atoms with E-state index >= 15 is 0 Å². The van der Waals surface area contributed by atoms with E-state index in [0.717, 1.165) is 6.41 Å². The van der Waals surface area contributed by atoms with Crippen LogP contribution in [0.2, 0.25) is 10.0 Å². The van der Waals surface area contributed by atoms with E-state index in [1.54, 1.807) is 34.1 Å². The van der Waals surface area contributed by atoms with Crippen molar-refractivity contribution < 1.29 is 9.59 Å². The molecule has 0 radical (unpaired) electrons. The van der Waals surface area contributed by atoms with Crippen molar-refractivity contribution in [2.75, 3.05) is 31.5 Å². The molecule has 1 aromatic heterocycles. The van der Waals surface area contributed by atoms with E-state index < -0.39 is 0 Å². The molecule has 0 atom stereocenters. The lowest BCUT2D eigenvalue weighted by Crippen LogP contribution is -2.48. The summed E-state index contributed by atoms with van der Waals surface area (Å²) in [5.74, 6) is 0.267. The molecule has 0 saturated carbocycles. The van der Waals surface area contributed by atoms with Gasteiger partial charge in [-0.1, -0.05) is 23.2 Å². The number of aromatic nitrogens is 2. The molecule has 1 N–H and O–H groups in total. The van der Waals surface area contributed by atoms with Gasteiger partial charge >= 0.3 is 0 Å². The van der Waals surface area contributed by atoms with Crippen LogP contribution in [0.3, 0.4) is 0 Å². The Hall–Kier alpha value is -2.38. The van der Waals surface area contributed by atoms with Gasteiger partial charge in [0.15, 0.2) is 0 Å². The Labute approximate surface area is 154 Å². The van der Waals surface area contributed by atoms with Gasteiger partial charge in [0.25, 0.3) is 5.91 Å². The minimum absolute atomic E-state index is 0.194. The molecule has 2 heterocycles. The predicted molar refractivity (Wildman–Crippen MR) is 95.3 cm³/mol. The minimum Gasteiger partial charge on any atom is -0.342 e. The fraction of sp³-hybridized carbons (Fsp3) is 0.250. The molecule has 1 aliphatic heterocycles. The van der Waals surface area contributed by atoms with Crippen molar-refractivity contribution >= 4 is 47.0 Å². The van der Waals surface area contributed by atoms with Gasteiger partial charge in [0.1, 0.15) is 17.8 Å². The van der Waals surface area contributed by atoms with E-state index in [9.17, 15) is 9.59 Å². The molecule has 1 aromatic carbocycles. The van der Waals surface area contributed by atoms with E-state index in [1.807, 2.05) is 0 Å². The number of amides is 2. The van der Waals surface area contributed by atoms with E-state index in [-0.39, 0.29) is 11.6 Å². The maximum absolute atomic E-state index is 12.6. The molecule has 0 unspecified atom stereocenters. The summed E-state index contributed by atoms with van der Waals surface area (Å²) in [5.41, 5.74) is 0.944. The van der Waals surface area contributed by atoms with Crippen molar-refractivity contribution in [3.63, 3.8) is 0 Å². The van der Waals surface area contributed by atoms with Crippen LogP contribution < -0.4 is 5.32 Å². The summed E-state index contributed by atoms with van der Waals surface area (Å²) in [6, 6.07) is 6.61. The van der Waals surface area contributed by atoms with Crippen molar-refractivity contribution in [1.82, 2.24) is 19.8 Å². The third-order valence-electron chi connectivity index (χ3n) is 3.77. The highest BCUT2D eigenvalue weighted by Gasteiger charge is 2.22. The van der Waals surface area contributed by atoms with Crippen LogP contribution in [0.15, 0.2) is 30.6 Å². The highest BCUT2D eigenvalue weighted by Crippen LogP contribution is 2.24. The number of piperazine rings is 1. The van der Waals surface area contributed by atoms with Gasteiger partial charge in [-0.3, -0.25) is 9.59 Å². The summed E-state index contributed by atoms with van der Waals surface area (Å²) in [4.78, 5) is 34.8. The Morgan fingerprint density at radius 3 is 2.36 bits per heavy atom. The Morgan fingerprint density at radius 1 is 1.04 bits per heavy atom. The molecule has 1 saturated heterocycles. The molecule has 130 valence electrons. The lowest BCUT2D eigenvalue weighted by molar-refractivity contribution is -0.119. The molecule has 7 nitrogen and oxygen atoms in total. The van der Waals surface area contributed by atoms with Gasteiger partial charge in [0.05, 0.1) is 0 Å². The van der Waals surface area contributed by atoms with Gasteiger partial charge in [0.2, 0.25) is 6.41 Å². The van der Waals surface area contributed by atoms with Crippen LogP contribution in [-0.4, -0.2) is 58.3 Å². The molecular weight excluding hydrogens is 365 g/mol. The first-order valence-corrected chi connectivity index (χ1v) is 8.34. The van der Waals surface area contributed by atoms with Crippen molar-refractivity contribution in [2.24, 2.45) is 0 Å². The topological polar surface area (TPSA) is 78.4 Å². The van der Waals surface area contributed by atoms with Crippen LogP contribution in [0.25, 0.3) is 0 Å². The lowest BCUT2D eigenvalue weighted by atomic mass is 10.2. The number of hydrogen-bond donors (Lipinski definition) is 1. The highest BCUT2D eigenvalue weighted by atomic mass is 35.5. The van der Waals surface area contributed by atoms with Crippen LogP contribution in [0.4, 0.5) is 11.5 Å². The fourth-order valence-corrected chi connectivity index (χ4v) is 3.03. The fourth-order valence-electron chi connectivity index (χ4n) is 2.51. The van der Waals surface area contributed by atoms with Crippen molar-refractivity contribution in [3.05, 3.63) is 46.3 Å². The number of rotatable bonds is 4. The highest BCUT2D eigenvalue weighted by molar-refractivity contribution is 6.35. The number of halogens is 2. The van der Waals surface area contributed by atoms with Crippen molar-refractivity contribution in [3.8, 4) is 0 Å². The maximum atomic E-state index is 12.6. The van der Waals surface area contributed by atoms with Gasteiger partial charge < -0.3 is 15.1 Å². The number of anilines is 2. The number of carbonyl (C=O) groups excluding carboxylic acids is 2. The third kappa shape index (κ3) is 4.37. The van der Waals surface area contributed by atoms with E-state index in [0.29, 0.717) is 47.7 Å². The number of hydrogen-bond acceptors (Lipinski definition) is 5. The van der Waals surface area contributed by atoms with Gasteiger partial charge in [0, 0.05) is 48.0 Å². The molecule has 25 heavy (non-hydrogen) atoms. The van der Waals surface area contributed by atoms with Gasteiger partial charge in [-0.15, -0.1) is 0 Å². The quantitative estimate of drug-likeness (QED) is 0.825. The van der Waals surface area contributed by atoms with Crippen LogP contribution in [0.1, 0.15) is 10.5 Å². The monoisotopic (exact) mass is 379 g/mol. The van der Waals surface area contributed by atoms with Crippen LogP contribution in [0.5, 0.6) is 0 Å². The van der Waals surface area contributed by atoms with Crippen LogP contribution in [-0.2, 0) is 4.79 Å². The summed E-state index contributed by atoms with van der Waals surface area (Å²) < 4.78 is 0. The van der Waals surface area contributed by atoms with E-state index in [2.05, 4.69) is 15.3 Å². The molecule has 2 amide bonds. The zero-order valence-electron chi connectivity index (χ0n) is 13.2. The smallest absolute Gasteiger partial charge is 0.272 e. The third-order valence-corrected chi connectivity index (χ3v) is 4.21. The predicted octanol–water partition coefficient (Wildman–Crippen LogP) is 2.44. The van der Waals surface area contributed by atoms with Gasteiger partial charge in [-0.2, -0.15) is 0 Å². The minimum atomic E-state index is -0.194. The maximum Gasteiger partial charge on any atom is 0.272 e. The first kappa shape index (κ1) is 17.4. The van der Waals surface area contributed by atoms with Crippen molar-refractivity contribution in [2.45, 2.75) is 0 Å². The number of nitrogens with zero attached hydrogens (tertiary/aromatic N) is 4. The van der Waals surface area contributed by atoms with Gasteiger partial charge in [-0.05, 0) is 18.2 Å². The molecule has 9 heteroatoms. The summed E-state index contributed by atoms with van der Waals surface area (Å²) >= 11 is 12.0. The zero-order valence-corrected chi connectivity index (χ0v) is 14.7. The summed E-state index contributed by atoms with van der Waals surface area (Å²) in [6.45, 7) is 2.00. The summed E-state index contributed by atoms with van der Waals surface area (Å²) in [5, 5.41) is 4.04. The summed E-state index contributed by atoms with van der Waals surface area (Å²) in [7, 11) is 0. The molecule has 0 spiro atoms. The molecule has 1 aliphatic rings. The summed E-state index contributed by atoms with van der Waals surface area (Å²) in [6.07, 6.45) is 2.12. The molecule has 1 fully saturated rings. The first-order chi connectivity index (χ1) is 12.0. The normalized spacial score (nSPS) is 14.3. The largest absolute Gasteiger partial charge is 0.342 e. The average molecular weight is 380 g/mol. The Kier molecular flexibility index (Phi) is 5.35. The molecular formula is C16H15Cl2N5O2. The average Bonchev–Trinajstić information content (AvgIpc) is 2.60. The second-order valence-electron chi connectivity index (χ2n) is 5.51. The van der Waals surface area contributed by atoms with Crippen LogP contribution >= 0.6 is 23.2 Å². The Bertz CT molecular complexity index is 774. The van der Waals surface area contributed by atoms with Crippen molar-refractivity contribution in [1.29, 1.82) is 0 Å². The lowest BCUT2D eigenvalue weighted by Gasteiger charge is -2.32. The standard InChI is InChI=1S/C16H15Cl2N5O2/c17-11-5-12(18)7-13(6-11)21-15-8-14(19-9-20-15)16(25)23-3-1-22(10-24)2-4-23/h5-10H,1-4H2,(H,19,20,21). The second-order valence-corrected chi connectivity index (χ2v) is 6.38.